The molecule has 3 aromatic rings. The third kappa shape index (κ3) is 2.43. The summed E-state index contributed by atoms with van der Waals surface area (Å²) in [6.45, 7) is 2.45. The highest BCUT2D eigenvalue weighted by molar-refractivity contribution is 5.76. The molecule has 2 aliphatic rings. The van der Waals surface area contributed by atoms with Gasteiger partial charge in [0.2, 0.25) is 0 Å². The Hall–Kier alpha value is -2.34. The van der Waals surface area contributed by atoms with E-state index in [1.807, 2.05) is 26.5 Å². The van der Waals surface area contributed by atoms with E-state index in [4.69, 9.17) is 9.72 Å². The summed E-state index contributed by atoms with van der Waals surface area (Å²) in [5.41, 5.74) is 5.82. The Morgan fingerprint density at radius 1 is 1.12 bits per heavy atom. The molecule has 1 aliphatic heterocycles. The second-order valence-corrected chi connectivity index (χ2v) is 7.70. The normalized spacial score (nSPS) is 20.3. The number of benzene rings is 1. The largest absolute Gasteiger partial charge is 0.381 e. The van der Waals surface area contributed by atoms with Gasteiger partial charge in [0.15, 0.2) is 0 Å². The predicted molar refractivity (Wildman–Crippen MR) is 99.6 cm³/mol. The molecule has 6 nitrogen and oxygen atoms in total. The van der Waals surface area contributed by atoms with Gasteiger partial charge in [-0.15, -0.1) is 0 Å². The molecule has 0 N–H and O–H groups in total. The highest BCUT2D eigenvalue weighted by Gasteiger charge is 2.34. The van der Waals surface area contributed by atoms with Gasteiger partial charge in [0.05, 0.1) is 29.7 Å². The van der Waals surface area contributed by atoms with Crippen molar-refractivity contribution in [3.05, 3.63) is 52.0 Å². The number of aromatic nitrogens is 4. The zero-order valence-electron chi connectivity index (χ0n) is 15.3. The van der Waals surface area contributed by atoms with Gasteiger partial charge in [0.1, 0.15) is 0 Å². The molecule has 0 amide bonds. The predicted octanol–water partition coefficient (Wildman–Crippen LogP) is 2.50. The Bertz CT molecular complexity index is 1030. The third-order valence-electron chi connectivity index (χ3n) is 5.88. The Labute approximate surface area is 152 Å². The molecule has 3 heterocycles. The Kier molecular flexibility index (Phi) is 3.57. The minimum absolute atomic E-state index is 0.0157. The van der Waals surface area contributed by atoms with E-state index < -0.39 is 0 Å². The fourth-order valence-electron chi connectivity index (χ4n) is 4.25. The van der Waals surface area contributed by atoms with Gasteiger partial charge >= 0.3 is 5.69 Å². The maximum Gasteiger partial charge on any atom is 0.328 e. The molecular weight excluding hydrogens is 328 g/mol. The molecular formula is C20H24N4O2. The van der Waals surface area contributed by atoms with Crippen molar-refractivity contribution in [1.82, 2.24) is 18.7 Å². The molecule has 26 heavy (non-hydrogen) atoms. The summed E-state index contributed by atoms with van der Waals surface area (Å²) in [5.74, 6) is 1.10. The van der Waals surface area contributed by atoms with Crippen LogP contribution >= 0.6 is 0 Å². The summed E-state index contributed by atoms with van der Waals surface area (Å²) in [6.07, 6.45) is 5.60. The molecule has 6 heteroatoms. The fourth-order valence-corrected chi connectivity index (χ4v) is 4.25. The van der Waals surface area contributed by atoms with Crippen molar-refractivity contribution in [1.29, 1.82) is 0 Å². The summed E-state index contributed by atoms with van der Waals surface area (Å²) in [6, 6.07) is 6.30. The van der Waals surface area contributed by atoms with E-state index in [0.29, 0.717) is 11.8 Å². The molecule has 136 valence electrons. The van der Waals surface area contributed by atoms with Crippen LogP contribution in [0.3, 0.4) is 0 Å². The average Bonchev–Trinajstić information content (AvgIpc) is 3.10. The van der Waals surface area contributed by atoms with Crippen LogP contribution in [0.1, 0.15) is 48.0 Å². The SMILES string of the molecule is Cn1c(=O)n(C)c2cc(Cn3cnc(C4CCOC4)c3C3CC3)ccc21. The van der Waals surface area contributed by atoms with Crippen molar-refractivity contribution < 1.29 is 4.74 Å². The fraction of sp³-hybridized carbons (Fsp3) is 0.500. The molecule has 1 unspecified atom stereocenters. The minimum Gasteiger partial charge on any atom is -0.381 e. The summed E-state index contributed by atoms with van der Waals surface area (Å²) < 4.78 is 11.3. The maximum absolute atomic E-state index is 12.2. The molecule has 1 atom stereocenters. The summed E-state index contributed by atoms with van der Waals surface area (Å²) in [5, 5.41) is 0. The zero-order chi connectivity index (χ0) is 17.8. The van der Waals surface area contributed by atoms with Crippen molar-refractivity contribution in [2.45, 2.75) is 37.6 Å². The molecule has 0 radical (unpaired) electrons. The molecule has 1 saturated heterocycles. The third-order valence-corrected chi connectivity index (χ3v) is 5.88. The Morgan fingerprint density at radius 2 is 1.92 bits per heavy atom. The molecule has 1 aromatic carbocycles. The van der Waals surface area contributed by atoms with Crippen LogP contribution in [0.5, 0.6) is 0 Å². The van der Waals surface area contributed by atoms with Crippen LogP contribution < -0.4 is 5.69 Å². The van der Waals surface area contributed by atoms with Gasteiger partial charge < -0.3 is 9.30 Å². The molecule has 0 spiro atoms. The second-order valence-electron chi connectivity index (χ2n) is 7.70. The van der Waals surface area contributed by atoms with Crippen LogP contribution in [-0.2, 0) is 25.4 Å². The van der Waals surface area contributed by atoms with Crippen LogP contribution in [0, 0.1) is 0 Å². The second kappa shape index (κ2) is 5.84. The molecule has 0 bridgehead atoms. The van der Waals surface area contributed by atoms with E-state index in [-0.39, 0.29) is 5.69 Å². The summed E-state index contributed by atoms with van der Waals surface area (Å²) in [7, 11) is 3.65. The Balaban J connectivity index is 1.52. The van der Waals surface area contributed by atoms with E-state index in [1.54, 1.807) is 9.13 Å². The summed E-state index contributed by atoms with van der Waals surface area (Å²) in [4.78, 5) is 16.9. The first-order valence-corrected chi connectivity index (χ1v) is 9.40. The van der Waals surface area contributed by atoms with Crippen molar-refractivity contribution in [2.75, 3.05) is 13.2 Å². The highest BCUT2D eigenvalue weighted by atomic mass is 16.5. The lowest BCUT2D eigenvalue weighted by atomic mass is 10.0. The standard InChI is InChI=1S/C20H24N4O2/c1-22-16-6-3-13(9-17(16)23(2)20(22)25)10-24-12-21-18(15-7-8-26-11-15)19(24)14-4-5-14/h3,6,9,12,14-15H,4-5,7-8,10-11H2,1-2H3. The number of ether oxygens (including phenoxy) is 1. The van der Waals surface area contributed by atoms with Crippen molar-refractivity contribution in [3.63, 3.8) is 0 Å². The van der Waals surface area contributed by atoms with E-state index in [1.165, 1.54) is 29.8 Å². The summed E-state index contributed by atoms with van der Waals surface area (Å²) >= 11 is 0. The molecule has 5 rings (SSSR count). The maximum atomic E-state index is 12.2. The van der Waals surface area contributed by atoms with Gasteiger partial charge in [0.25, 0.3) is 0 Å². The lowest BCUT2D eigenvalue weighted by Crippen LogP contribution is -2.19. The smallest absolute Gasteiger partial charge is 0.328 e. The van der Waals surface area contributed by atoms with E-state index in [9.17, 15) is 4.79 Å². The van der Waals surface area contributed by atoms with Crippen molar-refractivity contribution >= 4 is 11.0 Å². The van der Waals surface area contributed by atoms with Gasteiger partial charge in [-0.25, -0.2) is 9.78 Å². The quantitative estimate of drug-likeness (QED) is 0.725. The van der Waals surface area contributed by atoms with Crippen LogP contribution in [0.25, 0.3) is 11.0 Å². The van der Waals surface area contributed by atoms with Crippen molar-refractivity contribution in [2.24, 2.45) is 14.1 Å². The lowest BCUT2D eigenvalue weighted by molar-refractivity contribution is 0.193. The van der Waals surface area contributed by atoms with E-state index in [0.717, 1.165) is 37.2 Å². The lowest BCUT2D eigenvalue weighted by Gasteiger charge is -2.12. The number of imidazole rings is 2. The van der Waals surface area contributed by atoms with Crippen LogP contribution in [0.4, 0.5) is 0 Å². The molecule has 1 aliphatic carbocycles. The van der Waals surface area contributed by atoms with Crippen LogP contribution in [-0.4, -0.2) is 31.9 Å². The number of hydrogen-bond donors (Lipinski definition) is 0. The van der Waals surface area contributed by atoms with Crippen LogP contribution in [0.2, 0.25) is 0 Å². The monoisotopic (exact) mass is 352 g/mol. The molecule has 1 saturated carbocycles. The van der Waals surface area contributed by atoms with Gasteiger partial charge in [-0.1, -0.05) is 6.07 Å². The number of fused-ring (bicyclic) bond motifs is 1. The number of nitrogens with zero attached hydrogens (tertiary/aromatic N) is 4. The van der Waals surface area contributed by atoms with Gasteiger partial charge in [-0.05, 0) is 37.0 Å². The van der Waals surface area contributed by atoms with E-state index >= 15 is 0 Å². The van der Waals surface area contributed by atoms with E-state index in [2.05, 4.69) is 16.7 Å². The first-order chi connectivity index (χ1) is 12.6. The first-order valence-electron chi connectivity index (χ1n) is 9.40. The topological polar surface area (TPSA) is 54.0 Å². The first kappa shape index (κ1) is 15.9. The molecule has 2 fully saturated rings. The Morgan fingerprint density at radius 3 is 2.65 bits per heavy atom. The van der Waals surface area contributed by atoms with Crippen LogP contribution in [0.15, 0.2) is 29.3 Å². The number of aryl methyl sites for hydroxylation is 2. The zero-order valence-corrected chi connectivity index (χ0v) is 15.3. The van der Waals surface area contributed by atoms with Gasteiger partial charge in [-0.2, -0.15) is 0 Å². The minimum atomic E-state index is 0.0157. The van der Waals surface area contributed by atoms with Gasteiger partial charge in [-0.3, -0.25) is 9.13 Å². The van der Waals surface area contributed by atoms with Crippen molar-refractivity contribution in [3.8, 4) is 0 Å². The number of hydrogen-bond acceptors (Lipinski definition) is 3. The molecule has 2 aromatic heterocycles. The van der Waals surface area contributed by atoms with Gasteiger partial charge in [0, 0.05) is 44.8 Å². The number of rotatable bonds is 4. The highest BCUT2D eigenvalue weighted by Crippen LogP contribution is 2.44. The average molecular weight is 352 g/mol.